The molecule has 0 heterocycles. The maximum absolute atomic E-state index is 11.1. The van der Waals surface area contributed by atoms with Crippen molar-refractivity contribution in [1.82, 2.24) is 0 Å². The average Bonchev–Trinajstić information content (AvgIpc) is 2.01. The quantitative estimate of drug-likeness (QED) is 0.632. The summed E-state index contributed by atoms with van der Waals surface area (Å²) in [4.78, 5) is 0. The van der Waals surface area contributed by atoms with Crippen molar-refractivity contribution in [2.75, 3.05) is 12.4 Å². The Morgan fingerprint density at radius 1 is 1.33 bits per heavy atom. The van der Waals surface area contributed by atoms with Gasteiger partial charge in [0.05, 0.1) is 5.75 Å². The highest BCUT2D eigenvalue weighted by Crippen LogP contribution is 2.31. The van der Waals surface area contributed by atoms with Gasteiger partial charge in [-0.2, -0.15) is 8.42 Å². The molecule has 0 aromatic rings. The second-order valence-corrected chi connectivity index (χ2v) is 7.12. The van der Waals surface area contributed by atoms with E-state index in [1.807, 2.05) is 6.92 Å². The molecule has 0 aliphatic heterocycles. The molecule has 0 amide bonds. The third kappa shape index (κ3) is 4.14. The SMILES string of the molecule is CCCCS(=O)(=O)[P+](=O)OCC. The van der Waals surface area contributed by atoms with Crippen LogP contribution in [-0.4, -0.2) is 20.8 Å². The standard InChI is InChI=1S/C6H14O4PS/c1-3-5-6-12(8,9)11(7)10-4-2/h3-6H2,1-2H3/q+1. The van der Waals surface area contributed by atoms with Crippen molar-refractivity contribution in [1.29, 1.82) is 0 Å². The van der Waals surface area contributed by atoms with Crippen molar-refractivity contribution in [2.24, 2.45) is 0 Å². The molecule has 0 saturated carbocycles. The number of rotatable bonds is 6. The zero-order valence-corrected chi connectivity index (χ0v) is 9.03. The first-order chi connectivity index (χ1) is 5.54. The van der Waals surface area contributed by atoms with Crippen molar-refractivity contribution >= 4 is 16.7 Å². The van der Waals surface area contributed by atoms with E-state index in [2.05, 4.69) is 4.52 Å². The molecule has 1 unspecified atom stereocenters. The van der Waals surface area contributed by atoms with E-state index in [1.165, 1.54) is 0 Å². The fraction of sp³-hybridized carbons (Fsp3) is 1.00. The molecule has 0 aliphatic carbocycles. The first kappa shape index (κ1) is 12.0. The highest BCUT2D eigenvalue weighted by atomic mass is 32.8. The molecule has 0 saturated heterocycles. The summed E-state index contributed by atoms with van der Waals surface area (Å²) < 4.78 is 37.6. The Hall–Kier alpha value is 0.01000. The lowest BCUT2D eigenvalue weighted by Gasteiger charge is -1.89. The van der Waals surface area contributed by atoms with Gasteiger partial charge in [-0.1, -0.05) is 13.3 Å². The summed E-state index contributed by atoms with van der Waals surface area (Å²) in [6.45, 7) is 3.66. The van der Waals surface area contributed by atoms with E-state index in [9.17, 15) is 13.0 Å². The molecule has 0 radical (unpaired) electrons. The third-order valence-corrected chi connectivity index (χ3v) is 5.17. The smallest absolute Gasteiger partial charge is 0.175 e. The van der Waals surface area contributed by atoms with E-state index in [0.717, 1.165) is 6.42 Å². The third-order valence-electron chi connectivity index (χ3n) is 1.22. The predicted molar refractivity (Wildman–Crippen MR) is 47.9 cm³/mol. The van der Waals surface area contributed by atoms with Crippen LogP contribution in [0.4, 0.5) is 0 Å². The lowest BCUT2D eigenvalue weighted by atomic mass is 10.4. The summed E-state index contributed by atoms with van der Waals surface area (Å²) in [6, 6.07) is 0. The summed E-state index contributed by atoms with van der Waals surface area (Å²) in [5, 5.41) is 0. The zero-order valence-electron chi connectivity index (χ0n) is 7.32. The number of hydrogen-bond acceptors (Lipinski definition) is 4. The monoisotopic (exact) mass is 213 g/mol. The lowest BCUT2D eigenvalue weighted by Crippen LogP contribution is -2.01. The van der Waals surface area contributed by atoms with Gasteiger partial charge in [-0.05, 0) is 17.9 Å². The molecule has 0 rings (SSSR count). The molecule has 4 nitrogen and oxygen atoms in total. The van der Waals surface area contributed by atoms with Crippen LogP contribution in [0, 0.1) is 0 Å². The Labute approximate surface area is 73.8 Å². The van der Waals surface area contributed by atoms with E-state index in [-0.39, 0.29) is 12.4 Å². The Balaban J connectivity index is 4.11. The molecule has 1 atom stereocenters. The van der Waals surface area contributed by atoms with Crippen LogP contribution >= 0.6 is 7.23 Å². The minimum Gasteiger partial charge on any atom is -0.175 e. The van der Waals surface area contributed by atoms with Crippen molar-refractivity contribution < 1.29 is 17.5 Å². The first-order valence-corrected chi connectivity index (χ1v) is 7.31. The number of unbranched alkanes of at least 4 members (excludes halogenated alkanes) is 1. The van der Waals surface area contributed by atoms with Crippen molar-refractivity contribution in [3.63, 3.8) is 0 Å². The van der Waals surface area contributed by atoms with Gasteiger partial charge in [-0.25, -0.2) is 0 Å². The summed E-state index contributed by atoms with van der Waals surface area (Å²) in [5.41, 5.74) is 0. The average molecular weight is 213 g/mol. The van der Waals surface area contributed by atoms with Gasteiger partial charge in [0.15, 0.2) is 0 Å². The molecular formula is C6H14O4PS+. The van der Waals surface area contributed by atoms with E-state index in [1.54, 1.807) is 6.92 Å². The summed E-state index contributed by atoms with van der Waals surface area (Å²) in [7, 11) is -6.01. The minimum atomic E-state index is -3.50. The van der Waals surface area contributed by atoms with Crippen LogP contribution in [0.15, 0.2) is 0 Å². The Kier molecular flexibility index (Phi) is 5.63. The van der Waals surface area contributed by atoms with Gasteiger partial charge in [0.2, 0.25) is 0 Å². The largest absolute Gasteiger partial charge is 0.640 e. The van der Waals surface area contributed by atoms with Crippen LogP contribution in [0.2, 0.25) is 0 Å². The van der Waals surface area contributed by atoms with Crippen LogP contribution in [0.1, 0.15) is 26.7 Å². The van der Waals surface area contributed by atoms with E-state index in [0.29, 0.717) is 6.42 Å². The van der Waals surface area contributed by atoms with Gasteiger partial charge >= 0.3 is 16.7 Å². The van der Waals surface area contributed by atoms with Crippen LogP contribution in [-0.2, 0) is 18.5 Å². The maximum Gasteiger partial charge on any atom is 0.640 e. The minimum absolute atomic E-state index is 0.0430. The molecule has 0 aliphatic rings. The molecule has 0 fully saturated rings. The highest BCUT2D eigenvalue weighted by molar-refractivity contribution is 8.44. The molecule has 0 aromatic heterocycles. The molecule has 6 heteroatoms. The molecular weight excluding hydrogens is 199 g/mol. The van der Waals surface area contributed by atoms with Gasteiger partial charge < -0.3 is 0 Å². The van der Waals surface area contributed by atoms with Gasteiger partial charge in [-0.15, -0.1) is 4.52 Å². The molecule has 72 valence electrons. The zero-order chi connectivity index (χ0) is 9.61. The summed E-state index contributed by atoms with van der Waals surface area (Å²) in [6.07, 6.45) is 1.31. The van der Waals surface area contributed by atoms with Crippen LogP contribution in [0.25, 0.3) is 0 Å². The normalized spacial score (nSPS) is 13.0. The second-order valence-electron chi connectivity index (χ2n) is 2.28. The molecule has 0 bridgehead atoms. The van der Waals surface area contributed by atoms with Crippen LogP contribution in [0.5, 0.6) is 0 Å². The lowest BCUT2D eigenvalue weighted by molar-refractivity contribution is 0.359. The Bertz CT molecular complexity index is 234. The van der Waals surface area contributed by atoms with Gasteiger partial charge in [0.25, 0.3) is 0 Å². The molecule has 0 N–H and O–H groups in total. The topological polar surface area (TPSA) is 60.4 Å². The van der Waals surface area contributed by atoms with E-state index in [4.69, 9.17) is 0 Å². The highest BCUT2D eigenvalue weighted by Gasteiger charge is 2.36. The summed E-state index contributed by atoms with van der Waals surface area (Å²) >= 11 is 0. The van der Waals surface area contributed by atoms with Gasteiger partial charge in [0, 0.05) is 0 Å². The van der Waals surface area contributed by atoms with Crippen molar-refractivity contribution in [3.8, 4) is 0 Å². The van der Waals surface area contributed by atoms with Crippen molar-refractivity contribution in [3.05, 3.63) is 0 Å². The van der Waals surface area contributed by atoms with Gasteiger partial charge in [0.1, 0.15) is 6.61 Å². The fourth-order valence-corrected chi connectivity index (χ4v) is 3.39. The van der Waals surface area contributed by atoms with Crippen molar-refractivity contribution in [2.45, 2.75) is 26.7 Å². The predicted octanol–water partition coefficient (Wildman–Crippen LogP) is 1.90. The number of hydrogen-bond donors (Lipinski definition) is 0. The molecule has 12 heavy (non-hydrogen) atoms. The van der Waals surface area contributed by atoms with Gasteiger partial charge in [-0.3, -0.25) is 0 Å². The van der Waals surface area contributed by atoms with Crippen LogP contribution < -0.4 is 0 Å². The maximum atomic E-state index is 11.1. The Morgan fingerprint density at radius 3 is 2.33 bits per heavy atom. The Morgan fingerprint density at radius 2 is 1.92 bits per heavy atom. The van der Waals surface area contributed by atoms with Crippen LogP contribution in [0.3, 0.4) is 0 Å². The molecule has 0 spiro atoms. The van der Waals surface area contributed by atoms with E-state index < -0.39 is 16.7 Å². The first-order valence-electron chi connectivity index (χ1n) is 3.87. The second kappa shape index (κ2) is 5.62. The van der Waals surface area contributed by atoms with E-state index >= 15 is 0 Å². The molecule has 0 aromatic carbocycles. The fourth-order valence-electron chi connectivity index (χ4n) is 0.587. The summed E-state index contributed by atoms with van der Waals surface area (Å²) in [5.74, 6) is -0.0430.